The Morgan fingerprint density at radius 1 is 0.929 bits per heavy atom. The molecule has 0 aliphatic carbocycles. The maximum absolute atomic E-state index is 12.2. The molecular formula is C20H15N3O4S. The van der Waals surface area contributed by atoms with Crippen LogP contribution in [0.2, 0.25) is 0 Å². The summed E-state index contributed by atoms with van der Waals surface area (Å²) in [6.45, 7) is 0. The molecule has 3 aromatic heterocycles. The molecule has 0 aliphatic rings. The Hall–Kier alpha value is -3.65. The van der Waals surface area contributed by atoms with E-state index in [-0.39, 0.29) is 24.0 Å². The zero-order valence-electron chi connectivity index (χ0n) is 14.5. The summed E-state index contributed by atoms with van der Waals surface area (Å²) in [5, 5.41) is 8.11. The minimum atomic E-state index is -0.335. The molecule has 1 aromatic carbocycles. The first kappa shape index (κ1) is 17.7. The Balaban J connectivity index is 1.33. The predicted octanol–water partition coefficient (Wildman–Crippen LogP) is 4.43. The van der Waals surface area contributed by atoms with Crippen molar-refractivity contribution in [1.29, 1.82) is 0 Å². The second-order valence-electron chi connectivity index (χ2n) is 5.86. The van der Waals surface area contributed by atoms with Crippen molar-refractivity contribution >= 4 is 34.5 Å². The second-order valence-corrected chi connectivity index (χ2v) is 6.71. The third-order valence-corrected chi connectivity index (χ3v) is 4.70. The average Bonchev–Trinajstić information content (AvgIpc) is 3.45. The van der Waals surface area contributed by atoms with Crippen molar-refractivity contribution in [2.45, 2.75) is 6.42 Å². The Morgan fingerprint density at radius 3 is 2.32 bits per heavy atom. The van der Waals surface area contributed by atoms with Gasteiger partial charge in [-0.2, -0.15) is 0 Å². The van der Waals surface area contributed by atoms with Crippen LogP contribution in [0.1, 0.15) is 16.2 Å². The zero-order chi connectivity index (χ0) is 19.3. The molecule has 0 atom stereocenters. The number of nitrogens with one attached hydrogen (secondary N) is 2. The Labute approximate surface area is 164 Å². The van der Waals surface area contributed by atoms with Gasteiger partial charge in [-0.1, -0.05) is 0 Å². The van der Waals surface area contributed by atoms with E-state index < -0.39 is 0 Å². The highest BCUT2D eigenvalue weighted by Gasteiger charge is 2.12. The molecule has 0 radical (unpaired) electrons. The van der Waals surface area contributed by atoms with Gasteiger partial charge in [0.1, 0.15) is 0 Å². The van der Waals surface area contributed by atoms with Crippen molar-refractivity contribution in [1.82, 2.24) is 4.98 Å². The van der Waals surface area contributed by atoms with Crippen molar-refractivity contribution in [3.8, 4) is 10.8 Å². The third kappa shape index (κ3) is 4.18. The first-order valence-electron chi connectivity index (χ1n) is 8.40. The second kappa shape index (κ2) is 7.93. The highest BCUT2D eigenvalue weighted by Crippen LogP contribution is 2.24. The first-order valence-corrected chi connectivity index (χ1v) is 9.28. The van der Waals surface area contributed by atoms with Crippen LogP contribution < -0.4 is 10.6 Å². The van der Waals surface area contributed by atoms with E-state index in [9.17, 15) is 9.59 Å². The van der Waals surface area contributed by atoms with Crippen LogP contribution in [-0.4, -0.2) is 16.8 Å². The zero-order valence-corrected chi connectivity index (χ0v) is 15.4. The van der Waals surface area contributed by atoms with Crippen molar-refractivity contribution < 1.29 is 18.4 Å². The van der Waals surface area contributed by atoms with Crippen molar-refractivity contribution in [2.75, 3.05) is 10.6 Å². The van der Waals surface area contributed by atoms with Crippen LogP contribution in [0.15, 0.2) is 75.3 Å². The smallest absolute Gasteiger partial charge is 0.291 e. The number of carbonyl (C=O) groups is 2. The molecule has 7 nitrogen and oxygen atoms in total. The maximum atomic E-state index is 12.2. The number of thiazole rings is 1. The molecule has 0 bridgehead atoms. The average molecular weight is 393 g/mol. The molecule has 4 aromatic rings. The highest BCUT2D eigenvalue weighted by molar-refractivity contribution is 7.13. The van der Waals surface area contributed by atoms with E-state index in [1.165, 1.54) is 17.6 Å². The molecule has 0 aliphatic heterocycles. The number of rotatable bonds is 6. The number of carbonyl (C=O) groups excluding carboxylic acids is 2. The summed E-state index contributed by atoms with van der Waals surface area (Å²) in [7, 11) is 0. The number of benzene rings is 1. The fraction of sp³-hybridized carbons (Fsp3) is 0.0500. The third-order valence-electron chi connectivity index (χ3n) is 3.80. The summed E-state index contributed by atoms with van der Waals surface area (Å²) in [4.78, 5) is 28.6. The molecule has 0 saturated heterocycles. The summed E-state index contributed by atoms with van der Waals surface area (Å²) in [5.74, 6) is 0.403. The molecule has 0 spiro atoms. The topological polar surface area (TPSA) is 97.4 Å². The van der Waals surface area contributed by atoms with Gasteiger partial charge in [0.2, 0.25) is 5.91 Å². The molecule has 0 saturated carbocycles. The molecule has 8 heteroatoms. The van der Waals surface area contributed by atoms with E-state index in [0.717, 1.165) is 5.01 Å². The standard InChI is InChI=1S/C20H15N3O4S/c24-18(11-15-12-28-20(23-15)17-4-2-10-27-17)21-13-5-7-14(8-6-13)22-19(25)16-3-1-9-26-16/h1-10,12H,11H2,(H,21,24)(H,22,25). The van der Waals surface area contributed by atoms with Gasteiger partial charge in [0.25, 0.3) is 5.91 Å². The summed E-state index contributed by atoms with van der Waals surface area (Å²) in [6.07, 6.45) is 3.19. The number of anilines is 2. The number of aromatic nitrogens is 1. The number of nitrogens with zero attached hydrogens (tertiary/aromatic N) is 1. The summed E-state index contributed by atoms with van der Waals surface area (Å²) in [5.41, 5.74) is 1.90. The Morgan fingerprint density at radius 2 is 1.64 bits per heavy atom. The molecule has 2 N–H and O–H groups in total. The summed E-state index contributed by atoms with van der Waals surface area (Å²) < 4.78 is 10.4. The van der Waals surface area contributed by atoms with Crippen LogP contribution >= 0.6 is 11.3 Å². The fourth-order valence-electron chi connectivity index (χ4n) is 2.51. The lowest BCUT2D eigenvalue weighted by atomic mass is 10.2. The Kier molecular flexibility index (Phi) is 5.03. The molecular weight excluding hydrogens is 378 g/mol. The maximum Gasteiger partial charge on any atom is 0.291 e. The van der Waals surface area contributed by atoms with Gasteiger partial charge in [-0.25, -0.2) is 4.98 Å². The van der Waals surface area contributed by atoms with Gasteiger partial charge in [-0.3, -0.25) is 9.59 Å². The van der Waals surface area contributed by atoms with Crippen LogP contribution in [0.4, 0.5) is 11.4 Å². The van der Waals surface area contributed by atoms with Gasteiger partial charge in [-0.05, 0) is 48.5 Å². The molecule has 0 unspecified atom stereocenters. The number of hydrogen-bond donors (Lipinski definition) is 2. The van der Waals surface area contributed by atoms with Gasteiger partial charge in [0.15, 0.2) is 16.5 Å². The largest absolute Gasteiger partial charge is 0.462 e. The van der Waals surface area contributed by atoms with Gasteiger partial charge < -0.3 is 19.5 Å². The van der Waals surface area contributed by atoms with E-state index in [4.69, 9.17) is 8.83 Å². The van der Waals surface area contributed by atoms with E-state index in [1.54, 1.807) is 48.7 Å². The SMILES string of the molecule is O=C(Cc1csc(-c2ccco2)n1)Nc1ccc(NC(=O)c2ccco2)cc1. The van der Waals surface area contributed by atoms with Crippen LogP contribution in [0, 0.1) is 0 Å². The summed E-state index contributed by atoms with van der Waals surface area (Å²) in [6, 6.07) is 13.7. The molecule has 3 heterocycles. The molecule has 28 heavy (non-hydrogen) atoms. The fourth-order valence-corrected chi connectivity index (χ4v) is 3.29. The lowest BCUT2D eigenvalue weighted by molar-refractivity contribution is -0.115. The van der Waals surface area contributed by atoms with Crippen molar-refractivity contribution in [3.63, 3.8) is 0 Å². The Bertz CT molecular complexity index is 1070. The van der Waals surface area contributed by atoms with Gasteiger partial charge in [0, 0.05) is 16.8 Å². The number of hydrogen-bond acceptors (Lipinski definition) is 6. The monoisotopic (exact) mass is 393 g/mol. The first-order chi connectivity index (χ1) is 13.7. The van der Waals surface area contributed by atoms with Gasteiger partial charge in [-0.15, -0.1) is 11.3 Å². The van der Waals surface area contributed by atoms with Crippen LogP contribution in [0.5, 0.6) is 0 Å². The van der Waals surface area contributed by atoms with Crippen LogP contribution in [0.25, 0.3) is 10.8 Å². The van der Waals surface area contributed by atoms with E-state index in [0.29, 0.717) is 22.8 Å². The van der Waals surface area contributed by atoms with E-state index in [1.807, 2.05) is 11.4 Å². The van der Waals surface area contributed by atoms with E-state index in [2.05, 4.69) is 15.6 Å². The minimum Gasteiger partial charge on any atom is -0.462 e. The predicted molar refractivity (Wildman–Crippen MR) is 105 cm³/mol. The van der Waals surface area contributed by atoms with Crippen molar-refractivity contribution in [2.24, 2.45) is 0 Å². The normalized spacial score (nSPS) is 10.6. The van der Waals surface area contributed by atoms with Crippen LogP contribution in [0.3, 0.4) is 0 Å². The highest BCUT2D eigenvalue weighted by atomic mass is 32.1. The lowest BCUT2D eigenvalue weighted by Gasteiger charge is -2.07. The minimum absolute atomic E-state index is 0.161. The number of furan rings is 2. The molecule has 2 amide bonds. The summed E-state index contributed by atoms with van der Waals surface area (Å²) >= 11 is 1.43. The van der Waals surface area contributed by atoms with Gasteiger partial charge in [0.05, 0.1) is 24.6 Å². The van der Waals surface area contributed by atoms with Gasteiger partial charge >= 0.3 is 0 Å². The molecule has 0 fully saturated rings. The molecule has 140 valence electrons. The number of amides is 2. The van der Waals surface area contributed by atoms with Crippen LogP contribution in [-0.2, 0) is 11.2 Å². The quantitative estimate of drug-likeness (QED) is 0.505. The van der Waals surface area contributed by atoms with Crippen molar-refractivity contribution in [3.05, 3.63) is 77.9 Å². The lowest BCUT2D eigenvalue weighted by Crippen LogP contribution is -2.15. The van der Waals surface area contributed by atoms with E-state index >= 15 is 0 Å². The molecule has 4 rings (SSSR count).